The molecule has 1 nitrogen and oxygen atoms in total. The van der Waals surface area contributed by atoms with Gasteiger partial charge in [-0.15, -0.1) is 0 Å². The highest BCUT2D eigenvalue weighted by molar-refractivity contribution is 5.85. The number of fused-ring (bicyclic) bond motifs is 1. The molecular formula is C20H18F3N. The van der Waals surface area contributed by atoms with Crippen molar-refractivity contribution in [3.63, 3.8) is 0 Å². The zero-order chi connectivity index (χ0) is 17.2. The molecule has 0 bridgehead atoms. The van der Waals surface area contributed by atoms with Crippen molar-refractivity contribution in [1.82, 2.24) is 4.90 Å². The first-order valence-corrected chi connectivity index (χ1v) is 7.75. The molecule has 0 N–H and O–H groups in total. The van der Waals surface area contributed by atoms with E-state index in [4.69, 9.17) is 0 Å². The molecular weight excluding hydrogens is 311 g/mol. The van der Waals surface area contributed by atoms with E-state index in [1.807, 2.05) is 30.1 Å². The Morgan fingerprint density at radius 3 is 2.33 bits per heavy atom. The lowest BCUT2D eigenvalue weighted by molar-refractivity contribution is -0.137. The molecule has 0 saturated carbocycles. The molecule has 3 aromatic carbocycles. The molecule has 0 aromatic heterocycles. The Morgan fingerprint density at radius 1 is 0.833 bits per heavy atom. The highest BCUT2D eigenvalue weighted by atomic mass is 19.4. The highest BCUT2D eigenvalue weighted by Gasteiger charge is 2.30. The van der Waals surface area contributed by atoms with E-state index in [2.05, 4.69) is 24.3 Å². The van der Waals surface area contributed by atoms with Gasteiger partial charge in [0.05, 0.1) is 5.56 Å². The van der Waals surface area contributed by atoms with E-state index < -0.39 is 11.7 Å². The molecule has 0 unspecified atom stereocenters. The summed E-state index contributed by atoms with van der Waals surface area (Å²) in [4.78, 5) is 2.03. The van der Waals surface area contributed by atoms with Crippen LogP contribution in [0.25, 0.3) is 10.8 Å². The van der Waals surface area contributed by atoms with Crippen LogP contribution in [0.5, 0.6) is 0 Å². The van der Waals surface area contributed by atoms with Crippen LogP contribution in [-0.4, -0.2) is 11.9 Å². The maximum absolute atomic E-state index is 12.8. The quantitative estimate of drug-likeness (QED) is 0.612. The smallest absolute Gasteiger partial charge is 0.298 e. The van der Waals surface area contributed by atoms with Crippen LogP contribution < -0.4 is 0 Å². The van der Waals surface area contributed by atoms with E-state index in [0.717, 1.165) is 6.07 Å². The van der Waals surface area contributed by atoms with Crippen LogP contribution in [0, 0.1) is 0 Å². The Bertz CT molecular complexity index is 834. The normalized spacial score (nSPS) is 12.0. The first kappa shape index (κ1) is 16.5. The minimum atomic E-state index is -4.30. The average molecular weight is 329 g/mol. The second kappa shape index (κ2) is 6.65. The van der Waals surface area contributed by atoms with Crippen LogP contribution in [0.4, 0.5) is 13.2 Å². The van der Waals surface area contributed by atoms with Gasteiger partial charge in [-0.05, 0) is 35.0 Å². The summed E-state index contributed by atoms with van der Waals surface area (Å²) in [5.74, 6) is 0. The van der Waals surface area contributed by atoms with Crippen LogP contribution >= 0.6 is 0 Å². The zero-order valence-electron chi connectivity index (χ0n) is 13.3. The summed E-state index contributed by atoms with van der Waals surface area (Å²) >= 11 is 0. The van der Waals surface area contributed by atoms with Crippen LogP contribution in [-0.2, 0) is 19.3 Å². The van der Waals surface area contributed by atoms with E-state index in [9.17, 15) is 13.2 Å². The number of hydrogen-bond donors (Lipinski definition) is 0. The first-order chi connectivity index (χ1) is 11.4. The van der Waals surface area contributed by atoms with Gasteiger partial charge in [0, 0.05) is 13.1 Å². The Balaban J connectivity index is 1.77. The van der Waals surface area contributed by atoms with E-state index in [0.29, 0.717) is 18.7 Å². The lowest BCUT2D eigenvalue weighted by atomic mass is 10.0. The molecule has 0 aliphatic carbocycles. The van der Waals surface area contributed by atoms with Crippen molar-refractivity contribution in [1.29, 1.82) is 0 Å². The molecule has 3 rings (SSSR count). The zero-order valence-corrected chi connectivity index (χ0v) is 13.3. The fourth-order valence-electron chi connectivity index (χ4n) is 2.93. The largest absolute Gasteiger partial charge is 0.416 e. The predicted molar refractivity (Wildman–Crippen MR) is 90.6 cm³/mol. The van der Waals surface area contributed by atoms with Gasteiger partial charge in [0.2, 0.25) is 0 Å². The molecule has 124 valence electrons. The fourth-order valence-corrected chi connectivity index (χ4v) is 2.93. The molecule has 0 radical (unpaired) electrons. The SMILES string of the molecule is CN(Cc1cccc(C(F)(F)F)c1)Cc1cccc2ccccc12. The molecule has 3 aromatic rings. The van der Waals surface area contributed by atoms with Crippen molar-refractivity contribution in [3.05, 3.63) is 83.4 Å². The van der Waals surface area contributed by atoms with E-state index in [1.165, 1.54) is 28.5 Å². The summed E-state index contributed by atoms with van der Waals surface area (Å²) in [6.45, 7) is 1.14. The number of alkyl halides is 3. The van der Waals surface area contributed by atoms with Crippen LogP contribution in [0.2, 0.25) is 0 Å². The van der Waals surface area contributed by atoms with Gasteiger partial charge in [-0.2, -0.15) is 13.2 Å². The summed E-state index contributed by atoms with van der Waals surface area (Å²) in [7, 11) is 1.92. The van der Waals surface area contributed by atoms with Crippen molar-refractivity contribution in [2.24, 2.45) is 0 Å². The third-order valence-corrected chi connectivity index (χ3v) is 4.03. The Labute approximate surface area is 139 Å². The summed E-state index contributed by atoms with van der Waals surface area (Å²) in [6, 6.07) is 19.8. The molecule has 0 aliphatic rings. The number of halogens is 3. The summed E-state index contributed by atoms with van der Waals surface area (Å²) in [5, 5.41) is 2.35. The molecule has 0 fully saturated rings. The van der Waals surface area contributed by atoms with Gasteiger partial charge in [-0.1, -0.05) is 60.7 Å². The molecule has 4 heteroatoms. The van der Waals surface area contributed by atoms with Gasteiger partial charge in [0.25, 0.3) is 0 Å². The maximum Gasteiger partial charge on any atom is 0.416 e. The Kier molecular flexibility index (Phi) is 4.58. The topological polar surface area (TPSA) is 3.24 Å². The summed E-state index contributed by atoms with van der Waals surface area (Å²) < 4.78 is 38.4. The maximum atomic E-state index is 12.8. The minimum absolute atomic E-state index is 0.465. The number of nitrogens with zero attached hydrogens (tertiary/aromatic N) is 1. The van der Waals surface area contributed by atoms with Crippen molar-refractivity contribution >= 4 is 10.8 Å². The Morgan fingerprint density at radius 2 is 1.54 bits per heavy atom. The van der Waals surface area contributed by atoms with Gasteiger partial charge in [0.1, 0.15) is 0 Å². The van der Waals surface area contributed by atoms with Gasteiger partial charge in [-0.3, -0.25) is 4.90 Å². The molecule has 24 heavy (non-hydrogen) atoms. The van der Waals surface area contributed by atoms with Gasteiger partial charge in [0.15, 0.2) is 0 Å². The Hall–Kier alpha value is -2.33. The van der Waals surface area contributed by atoms with E-state index in [-0.39, 0.29) is 0 Å². The lowest BCUT2D eigenvalue weighted by Crippen LogP contribution is -2.18. The average Bonchev–Trinajstić information content (AvgIpc) is 2.54. The molecule has 0 saturated heterocycles. The highest BCUT2D eigenvalue weighted by Crippen LogP contribution is 2.30. The lowest BCUT2D eigenvalue weighted by Gasteiger charge is -2.19. The first-order valence-electron chi connectivity index (χ1n) is 7.75. The third-order valence-electron chi connectivity index (χ3n) is 4.03. The summed E-state index contributed by atoms with van der Waals surface area (Å²) in [6.07, 6.45) is -4.30. The second-order valence-electron chi connectivity index (χ2n) is 6.01. The van der Waals surface area contributed by atoms with Crippen molar-refractivity contribution in [3.8, 4) is 0 Å². The third kappa shape index (κ3) is 3.77. The minimum Gasteiger partial charge on any atom is -0.298 e. The standard InChI is InChI=1S/C20H18F3N/c1-24(13-15-6-4-10-18(12-15)20(21,22)23)14-17-9-5-8-16-7-2-3-11-19(16)17/h2-12H,13-14H2,1H3. The summed E-state index contributed by atoms with van der Waals surface area (Å²) in [5.41, 5.74) is 1.23. The number of benzene rings is 3. The number of rotatable bonds is 4. The van der Waals surface area contributed by atoms with E-state index in [1.54, 1.807) is 6.07 Å². The van der Waals surface area contributed by atoms with Crippen molar-refractivity contribution in [2.45, 2.75) is 19.3 Å². The molecule has 0 amide bonds. The number of hydrogen-bond acceptors (Lipinski definition) is 1. The predicted octanol–water partition coefficient (Wildman–Crippen LogP) is 5.49. The van der Waals surface area contributed by atoms with Crippen molar-refractivity contribution < 1.29 is 13.2 Å². The van der Waals surface area contributed by atoms with E-state index >= 15 is 0 Å². The molecule has 0 aliphatic heterocycles. The molecule has 0 spiro atoms. The monoisotopic (exact) mass is 329 g/mol. The molecule has 0 atom stereocenters. The van der Waals surface area contributed by atoms with Crippen molar-refractivity contribution in [2.75, 3.05) is 7.05 Å². The van der Waals surface area contributed by atoms with Crippen LogP contribution in [0.3, 0.4) is 0 Å². The van der Waals surface area contributed by atoms with Gasteiger partial charge < -0.3 is 0 Å². The van der Waals surface area contributed by atoms with Gasteiger partial charge in [-0.25, -0.2) is 0 Å². The molecule has 0 heterocycles. The van der Waals surface area contributed by atoms with Crippen LogP contribution in [0.1, 0.15) is 16.7 Å². The van der Waals surface area contributed by atoms with Gasteiger partial charge >= 0.3 is 6.18 Å². The van der Waals surface area contributed by atoms with Crippen LogP contribution in [0.15, 0.2) is 66.7 Å². The second-order valence-corrected chi connectivity index (χ2v) is 6.01. The fraction of sp³-hybridized carbons (Fsp3) is 0.200.